The molecule has 132 valence electrons. The zero-order chi connectivity index (χ0) is 18.8. The van der Waals surface area contributed by atoms with E-state index in [1.807, 2.05) is 24.3 Å². The summed E-state index contributed by atoms with van der Waals surface area (Å²) in [5.74, 6) is 1.59. The normalized spacial score (nSPS) is 8.04. The molecule has 0 saturated heterocycles. The average molecular weight is 340 g/mol. The van der Waals surface area contributed by atoms with Gasteiger partial charge in [0.25, 0.3) is 0 Å². The number of hydrogen-bond donors (Lipinski definition) is 3. The molecule has 24 heavy (non-hydrogen) atoms. The van der Waals surface area contributed by atoms with Crippen LogP contribution in [0.4, 0.5) is 0 Å². The van der Waals surface area contributed by atoms with Crippen LogP contribution in [0, 0.1) is 9.93 Å². The van der Waals surface area contributed by atoms with Crippen molar-refractivity contribution in [1.82, 2.24) is 0 Å². The van der Waals surface area contributed by atoms with E-state index in [2.05, 4.69) is 0 Å². The van der Waals surface area contributed by atoms with E-state index in [0.717, 1.165) is 23.3 Å². The Morgan fingerprint density at radius 2 is 1.21 bits per heavy atom. The molecule has 0 aliphatic rings. The van der Waals surface area contributed by atoms with Crippen LogP contribution in [0.3, 0.4) is 0 Å². The van der Waals surface area contributed by atoms with Gasteiger partial charge in [0.1, 0.15) is 17.8 Å². The third kappa shape index (κ3) is 10.0. The van der Waals surface area contributed by atoms with Crippen LogP contribution in [-0.2, 0) is 6.61 Å². The number of hydrogen-bond acceptors (Lipinski definition) is 8. The Morgan fingerprint density at radius 3 is 1.50 bits per heavy atom. The van der Waals surface area contributed by atoms with E-state index in [1.165, 1.54) is 0 Å². The molecule has 3 N–H and O–H groups in total. The van der Waals surface area contributed by atoms with E-state index in [9.17, 15) is 4.79 Å². The SMILES string of the molecule is COc1ccc(C=O)cc1.COc1ccc(CO)cc1.O=O.OO. The summed E-state index contributed by atoms with van der Waals surface area (Å²) < 4.78 is 9.83. The quantitative estimate of drug-likeness (QED) is 0.440. The number of benzene rings is 2. The van der Waals surface area contributed by atoms with E-state index in [-0.39, 0.29) is 6.61 Å². The van der Waals surface area contributed by atoms with Crippen molar-refractivity contribution in [3.63, 3.8) is 0 Å². The van der Waals surface area contributed by atoms with E-state index in [0.29, 0.717) is 5.56 Å². The number of aliphatic hydroxyl groups excluding tert-OH is 1. The first-order valence-corrected chi connectivity index (χ1v) is 6.43. The van der Waals surface area contributed by atoms with Gasteiger partial charge in [-0.3, -0.25) is 15.3 Å². The van der Waals surface area contributed by atoms with Crippen molar-refractivity contribution in [3.8, 4) is 11.5 Å². The van der Waals surface area contributed by atoms with Gasteiger partial charge in [0, 0.05) is 15.5 Å². The highest BCUT2D eigenvalue weighted by Gasteiger charge is 1.90. The smallest absolute Gasteiger partial charge is 0.150 e. The summed E-state index contributed by atoms with van der Waals surface area (Å²) in [6.45, 7) is 0.0873. The Hall–Kier alpha value is -2.81. The lowest BCUT2D eigenvalue weighted by Crippen LogP contribution is -1.84. The molecule has 0 aliphatic carbocycles. The Kier molecular flexibility index (Phi) is 16.2. The fraction of sp³-hybridized carbons (Fsp3) is 0.188. The maximum atomic E-state index is 10.2. The van der Waals surface area contributed by atoms with Crippen LogP contribution in [0.15, 0.2) is 48.5 Å². The molecular weight excluding hydrogens is 320 g/mol. The highest BCUT2D eigenvalue weighted by Crippen LogP contribution is 2.10. The summed E-state index contributed by atoms with van der Waals surface area (Å²) in [6.07, 6.45) is 0.805. The zero-order valence-corrected chi connectivity index (χ0v) is 13.3. The summed E-state index contributed by atoms with van der Waals surface area (Å²) in [6, 6.07) is 14.2. The van der Waals surface area contributed by atoms with E-state index >= 15 is 0 Å². The van der Waals surface area contributed by atoms with Gasteiger partial charge in [-0.05, 0) is 42.0 Å². The molecule has 2 aromatic carbocycles. The molecule has 0 saturated carbocycles. The van der Waals surface area contributed by atoms with E-state index in [4.69, 9.17) is 35.0 Å². The fourth-order valence-corrected chi connectivity index (χ4v) is 1.41. The number of rotatable bonds is 4. The minimum atomic E-state index is 0.0873. The topological polar surface area (TPSA) is 130 Å². The number of aliphatic hydroxyl groups is 1. The molecule has 0 unspecified atom stereocenters. The van der Waals surface area contributed by atoms with Crippen molar-refractivity contribution in [1.29, 1.82) is 0 Å². The number of carbonyl (C=O) groups excluding carboxylic acids is 1. The third-order valence-electron chi connectivity index (χ3n) is 2.59. The largest absolute Gasteiger partial charge is 0.497 e. The predicted octanol–water partition coefficient (Wildman–Crippen LogP) is 2.78. The average Bonchev–Trinajstić information content (AvgIpc) is 2.71. The highest BCUT2D eigenvalue weighted by molar-refractivity contribution is 5.74. The van der Waals surface area contributed by atoms with Gasteiger partial charge in [0.05, 0.1) is 20.8 Å². The molecule has 0 aliphatic heterocycles. The maximum Gasteiger partial charge on any atom is 0.150 e. The Labute approximate surface area is 139 Å². The van der Waals surface area contributed by atoms with Crippen molar-refractivity contribution in [2.45, 2.75) is 6.61 Å². The number of ether oxygens (including phenoxy) is 2. The lowest BCUT2D eigenvalue weighted by atomic mass is 10.2. The molecule has 0 amide bonds. The summed E-state index contributed by atoms with van der Waals surface area (Å²) >= 11 is 0. The molecule has 2 aromatic rings. The van der Waals surface area contributed by atoms with Gasteiger partial charge in [0.2, 0.25) is 0 Å². The van der Waals surface area contributed by atoms with Gasteiger partial charge in [-0.15, -0.1) is 0 Å². The molecule has 8 heteroatoms. The van der Waals surface area contributed by atoms with Gasteiger partial charge in [-0.25, -0.2) is 0 Å². The van der Waals surface area contributed by atoms with Crippen LogP contribution in [0.5, 0.6) is 11.5 Å². The second kappa shape index (κ2) is 16.6. The monoisotopic (exact) mass is 340 g/mol. The Bertz CT molecular complexity index is 502. The molecule has 0 bridgehead atoms. The molecule has 0 spiro atoms. The lowest BCUT2D eigenvalue weighted by Gasteiger charge is -1.98. The molecule has 0 heterocycles. The lowest BCUT2D eigenvalue weighted by molar-refractivity contribution is -0.176. The van der Waals surface area contributed by atoms with Crippen molar-refractivity contribution < 1.29 is 29.9 Å². The van der Waals surface area contributed by atoms with Gasteiger partial charge >= 0.3 is 0 Å². The van der Waals surface area contributed by atoms with E-state index < -0.39 is 0 Å². The molecule has 0 fully saturated rings. The van der Waals surface area contributed by atoms with Crippen LogP contribution in [0.1, 0.15) is 15.9 Å². The number of carbonyl (C=O) groups is 1. The van der Waals surface area contributed by atoms with E-state index in [1.54, 1.807) is 38.5 Å². The molecule has 8 nitrogen and oxygen atoms in total. The van der Waals surface area contributed by atoms with Crippen LogP contribution in [0.25, 0.3) is 0 Å². The van der Waals surface area contributed by atoms with Gasteiger partial charge in [-0.2, -0.15) is 0 Å². The zero-order valence-electron chi connectivity index (χ0n) is 13.3. The minimum Gasteiger partial charge on any atom is -0.497 e. The van der Waals surface area contributed by atoms with Crippen molar-refractivity contribution in [2.75, 3.05) is 14.2 Å². The van der Waals surface area contributed by atoms with Crippen molar-refractivity contribution in [3.05, 3.63) is 69.6 Å². The summed E-state index contributed by atoms with van der Waals surface area (Å²) in [7, 11) is 3.21. The Balaban J connectivity index is 0. The van der Waals surface area contributed by atoms with Crippen LogP contribution in [0.2, 0.25) is 0 Å². The van der Waals surface area contributed by atoms with Gasteiger partial charge < -0.3 is 14.6 Å². The summed E-state index contributed by atoms with van der Waals surface area (Å²) in [5.41, 5.74) is 1.57. The Morgan fingerprint density at radius 1 is 0.833 bits per heavy atom. The van der Waals surface area contributed by atoms with Crippen molar-refractivity contribution >= 4 is 6.29 Å². The number of methoxy groups -OCH3 is 2. The second-order valence-electron chi connectivity index (χ2n) is 3.90. The first-order chi connectivity index (χ1) is 11.7. The highest BCUT2D eigenvalue weighted by atomic mass is 17.0. The standard InChI is InChI=1S/C8H10O2.C8H8O2.H2O2.O2/c2*1-10-8-4-2-7(6-9)3-5-8;2*1-2/h2-5,9H,6H2,1H3;2-6H,1H3;1-2H;. The molecular formula is C16H20O8. The molecule has 2 rings (SSSR count). The summed E-state index contributed by atoms with van der Waals surface area (Å²) in [4.78, 5) is 24.2. The van der Waals surface area contributed by atoms with Crippen LogP contribution < -0.4 is 9.47 Å². The molecule has 0 radical (unpaired) electrons. The first-order valence-electron chi connectivity index (χ1n) is 6.43. The molecule has 0 aromatic heterocycles. The third-order valence-corrected chi connectivity index (χ3v) is 2.59. The van der Waals surface area contributed by atoms with Crippen LogP contribution in [-0.4, -0.2) is 36.1 Å². The first kappa shape index (κ1) is 23.5. The minimum absolute atomic E-state index is 0.0873. The number of aldehydes is 1. The van der Waals surface area contributed by atoms with Gasteiger partial charge in [-0.1, -0.05) is 12.1 Å². The van der Waals surface area contributed by atoms with Crippen LogP contribution >= 0.6 is 0 Å². The predicted molar refractivity (Wildman–Crippen MR) is 89.3 cm³/mol. The fourth-order valence-electron chi connectivity index (χ4n) is 1.41. The maximum absolute atomic E-state index is 10.2. The molecule has 0 atom stereocenters. The summed E-state index contributed by atoms with van der Waals surface area (Å²) in [5, 5.41) is 20.7. The van der Waals surface area contributed by atoms with Gasteiger partial charge in [0.15, 0.2) is 0 Å². The van der Waals surface area contributed by atoms with Crippen molar-refractivity contribution in [2.24, 2.45) is 0 Å². The second-order valence-corrected chi connectivity index (χ2v) is 3.90.